The van der Waals surface area contributed by atoms with Gasteiger partial charge in [-0.1, -0.05) is 19.3 Å². The molecule has 0 spiro atoms. The summed E-state index contributed by atoms with van der Waals surface area (Å²) < 4.78 is 0. The van der Waals surface area contributed by atoms with Gasteiger partial charge in [-0.25, -0.2) is 0 Å². The fourth-order valence-corrected chi connectivity index (χ4v) is 2.26. The summed E-state index contributed by atoms with van der Waals surface area (Å²) in [5.74, 6) is -0.316. The zero-order chi connectivity index (χ0) is 13.1. The fourth-order valence-electron chi connectivity index (χ4n) is 1.29. The number of carboxylic acids is 2. The number of hydrogen-bond acceptors (Lipinski definition) is 4. The van der Waals surface area contributed by atoms with Crippen LogP contribution >= 0.6 is 11.8 Å². The van der Waals surface area contributed by atoms with E-state index in [2.05, 4.69) is 0 Å². The SMILES string of the molecule is NC(CSCCCCCCCC(=O)O)C(=O)O. The number of carboxylic acid groups (broad SMARTS) is 2. The molecule has 17 heavy (non-hydrogen) atoms. The van der Waals surface area contributed by atoms with E-state index in [9.17, 15) is 9.59 Å². The third-order valence-electron chi connectivity index (χ3n) is 2.29. The van der Waals surface area contributed by atoms with Crippen LogP contribution in [-0.2, 0) is 9.59 Å². The van der Waals surface area contributed by atoms with Gasteiger partial charge in [-0.05, 0) is 18.6 Å². The normalized spacial score (nSPS) is 12.3. The first-order valence-electron chi connectivity index (χ1n) is 5.82. The molecule has 4 N–H and O–H groups in total. The summed E-state index contributed by atoms with van der Waals surface area (Å²) in [6.07, 6.45) is 5.08. The minimum Gasteiger partial charge on any atom is -0.481 e. The Labute approximate surface area is 106 Å². The van der Waals surface area contributed by atoms with E-state index in [-0.39, 0.29) is 6.42 Å². The van der Waals surface area contributed by atoms with Gasteiger partial charge in [0.25, 0.3) is 0 Å². The lowest BCUT2D eigenvalue weighted by atomic mass is 10.1. The molecular weight excluding hydrogens is 242 g/mol. The molecule has 1 atom stereocenters. The molecule has 0 rings (SSSR count). The number of carbonyl (C=O) groups is 2. The van der Waals surface area contributed by atoms with Crippen molar-refractivity contribution in [3.05, 3.63) is 0 Å². The van der Waals surface area contributed by atoms with Gasteiger partial charge in [0.2, 0.25) is 0 Å². The molecule has 0 aromatic carbocycles. The molecule has 100 valence electrons. The zero-order valence-electron chi connectivity index (χ0n) is 9.93. The number of unbranched alkanes of at least 4 members (excludes halogenated alkanes) is 4. The van der Waals surface area contributed by atoms with E-state index < -0.39 is 18.0 Å². The molecule has 1 unspecified atom stereocenters. The van der Waals surface area contributed by atoms with E-state index in [1.807, 2.05) is 0 Å². The lowest BCUT2D eigenvalue weighted by Crippen LogP contribution is -2.32. The van der Waals surface area contributed by atoms with Crippen LogP contribution in [0.5, 0.6) is 0 Å². The Hall–Kier alpha value is -0.750. The largest absolute Gasteiger partial charge is 0.481 e. The molecule has 0 saturated heterocycles. The van der Waals surface area contributed by atoms with Crippen molar-refractivity contribution in [2.75, 3.05) is 11.5 Å². The number of thioether (sulfide) groups is 1. The summed E-state index contributed by atoms with van der Waals surface area (Å²) in [6.45, 7) is 0. The molecule has 0 aromatic rings. The van der Waals surface area contributed by atoms with Crippen LogP contribution in [0.4, 0.5) is 0 Å². The third-order valence-corrected chi connectivity index (χ3v) is 3.47. The van der Waals surface area contributed by atoms with Crippen LogP contribution in [-0.4, -0.2) is 39.7 Å². The average molecular weight is 263 g/mol. The second kappa shape index (κ2) is 10.4. The minimum absolute atomic E-state index is 0.252. The molecular formula is C11H21NO4S. The van der Waals surface area contributed by atoms with Crippen molar-refractivity contribution in [2.45, 2.75) is 44.6 Å². The summed E-state index contributed by atoms with van der Waals surface area (Å²) >= 11 is 1.56. The van der Waals surface area contributed by atoms with Crippen LogP contribution in [0.25, 0.3) is 0 Å². The second-order valence-corrected chi connectivity index (χ2v) is 5.08. The van der Waals surface area contributed by atoms with Gasteiger partial charge >= 0.3 is 11.9 Å². The van der Waals surface area contributed by atoms with Gasteiger partial charge in [0.1, 0.15) is 6.04 Å². The van der Waals surface area contributed by atoms with Crippen molar-refractivity contribution in [1.82, 2.24) is 0 Å². The molecule has 0 aliphatic heterocycles. The Morgan fingerprint density at radius 1 is 1.06 bits per heavy atom. The molecule has 0 saturated carbocycles. The van der Waals surface area contributed by atoms with E-state index in [0.29, 0.717) is 5.75 Å². The van der Waals surface area contributed by atoms with E-state index in [1.54, 1.807) is 11.8 Å². The van der Waals surface area contributed by atoms with E-state index in [4.69, 9.17) is 15.9 Å². The van der Waals surface area contributed by atoms with Gasteiger partial charge in [0.05, 0.1) is 0 Å². The third kappa shape index (κ3) is 11.5. The first-order chi connectivity index (χ1) is 8.04. The van der Waals surface area contributed by atoms with Gasteiger partial charge in [-0.3, -0.25) is 9.59 Å². The number of nitrogens with two attached hydrogens (primary N) is 1. The van der Waals surface area contributed by atoms with Crippen molar-refractivity contribution < 1.29 is 19.8 Å². The summed E-state index contributed by atoms with van der Waals surface area (Å²) in [5, 5.41) is 17.0. The first-order valence-corrected chi connectivity index (χ1v) is 6.97. The average Bonchev–Trinajstić information content (AvgIpc) is 2.25. The molecule has 0 fully saturated rings. The van der Waals surface area contributed by atoms with Crippen LogP contribution in [0.2, 0.25) is 0 Å². The smallest absolute Gasteiger partial charge is 0.321 e. The number of hydrogen-bond donors (Lipinski definition) is 3. The van der Waals surface area contributed by atoms with Crippen LogP contribution in [0.3, 0.4) is 0 Å². The maximum absolute atomic E-state index is 10.4. The van der Waals surface area contributed by atoms with Crippen LogP contribution in [0.15, 0.2) is 0 Å². The van der Waals surface area contributed by atoms with Crippen molar-refractivity contribution in [2.24, 2.45) is 5.73 Å². The molecule has 5 nitrogen and oxygen atoms in total. The zero-order valence-corrected chi connectivity index (χ0v) is 10.7. The highest BCUT2D eigenvalue weighted by molar-refractivity contribution is 7.99. The van der Waals surface area contributed by atoms with Gasteiger partial charge in [-0.2, -0.15) is 11.8 Å². The van der Waals surface area contributed by atoms with Gasteiger partial charge in [-0.15, -0.1) is 0 Å². The topological polar surface area (TPSA) is 101 Å². The number of rotatable bonds is 11. The molecule has 0 heterocycles. The van der Waals surface area contributed by atoms with Gasteiger partial charge < -0.3 is 15.9 Å². The minimum atomic E-state index is -0.953. The first kappa shape index (κ1) is 16.2. The second-order valence-electron chi connectivity index (χ2n) is 3.93. The maximum Gasteiger partial charge on any atom is 0.321 e. The van der Waals surface area contributed by atoms with Crippen molar-refractivity contribution in [1.29, 1.82) is 0 Å². The highest BCUT2D eigenvalue weighted by Crippen LogP contribution is 2.10. The predicted molar refractivity (Wildman–Crippen MR) is 68.3 cm³/mol. The van der Waals surface area contributed by atoms with Crippen molar-refractivity contribution in [3.63, 3.8) is 0 Å². The lowest BCUT2D eigenvalue weighted by Gasteiger charge is -2.05. The van der Waals surface area contributed by atoms with Gasteiger partial charge in [0.15, 0.2) is 0 Å². The summed E-state index contributed by atoms with van der Waals surface area (Å²) in [4.78, 5) is 20.6. The maximum atomic E-state index is 10.4. The van der Waals surface area contributed by atoms with Crippen LogP contribution in [0, 0.1) is 0 Å². The Morgan fingerprint density at radius 3 is 2.24 bits per heavy atom. The quantitative estimate of drug-likeness (QED) is 0.489. The molecule has 0 radical (unpaired) electrons. The standard InChI is InChI=1S/C11H21NO4S/c12-9(11(15)16)8-17-7-5-3-1-2-4-6-10(13)14/h9H,1-8,12H2,(H,13,14)(H,15,16). The predicted octanol–water partition coefficient (Wildman–Crippen LogP) is 1.56. The molecule has 0 amide bonds. The van der Waals surface area contributed by atoms with E-state index in [0.717, 1.165) is 37.9 Å². The van der Waals surface area contributed by atoms with Crippen molar-refractivity contribution >= 4 is 23.7 Å². The molecule has 0 bridgehead atoms. The molecule has 0 aliphatic carbocycles. The van der Waals surface area contributed by atoms with E-state index in [1.165, 1.54) is 0 Å². The monoisotopic (exact) mass is 263 g/mol. The number of aliphatic carboxylic acids is 2. The Bertz CT molecular complexity index is 236. The molecule has 0 aliphatic rings. The van der Waals surface area contributed by atoms with Crippen LogP contribution < -0.4 is 5.73 Å². The Morgan fingerprint density at radius 2 is 1.65 bits per heavy atom. The van der Waals surface area contributed by atoms with E-state index >= 15 is 0 Å². The Balaban J connectivity index is 3.14. The summed E-state index contributed by atoms with van der Waals surface area (Å²) in [7, 11) is 0. The van der Waals surface area contributed by atoms with Crippen LogP contribution in [0.1, 0.15) is 38.5 Å². The lowest BCUT2D eigenvalue weighted by molar-refractivity contribution is -0.138. The highest BCUT2D eigenvalue weighted by atomic mass is 32.2. The van der Waals surface area contributed by atoms with Crippen molar-refractivity contribution in [3.8, 4) is 0 Å². The summed E-state index contributed by atoms with van der Waals surface area (Å²) in [5.41, 5.74) is 5.35. The van der Waals surface area contributed by atoms with Gasteiger partial charge in [0, 0.05) is 12.2 Å². The summed E-state index contributed by atoms with van der Waals surface area (Å²) in [6, 6.07) is -0.768. The molecule has 6 heteroatoms. The Kier molecular flexibility index (Phi) is 9.95. The highest BCUT2D eigenvalue weighted by Gasteiger charge is 2.10. The fraction of sp³-hybridized carbons (Fsp3) is 0.818. The molecule has 0 aromatic heterocycles.